The van der Waals surface area contributed by atoms with E-state index >= 15 is 0 Å². The van der Waals surface area contributed by atoms with Crippen LogP contribution in [-0.2, 0) is 11.3 Å². The van der Waals surface area contributed by atoms with Gasteiger partial charge in [0.15, 0.2) is 5.82 Å². The molecule has 1 atom stereocenters. The third kappa shape index (κ3) is 5.12. The molecule has 1 aliphatic heterocycles. The molecule has 2 aromatic heterocycles. The number of aryl methyl sites for hydroxylation is 3. The first-order valence-corrected chi connectivity index (χ1v) is 12.9. The Morgan fingerprint density at radius 3 is 2.59 bits per heavy atom. The lowest BCUT2D eigenvalue weighted by Gasteiger charge is -2.40. The number of fused-ring (bicyclic) bond motifs is 1. The van der Waals surface area contributed by atoms with Gasteiger partial charge in [0, 0.05) is 60.5 Å². The summed E-state index contributed by atoms with van der Waals surface area (Å²) in [6.45, 7) is 10.2. The van der Waals surface area contributed by atoms with Crippen molar-refractivity contribution >= 4 is 28.2 Å². The molecule has 4 aromatic rings. The molecule has 0 bridgehead atoms. The molecule has 3 heterocycles. The van der Waals surface area contributed by atoms with E-state index in [1.54, 1.807) is 11.8 Å². The van der Waals surface area contributed by atoms with Crippen molar-refractivity contribution in [3.8, 4) is 0 Å². The number of piperazine rings is 1. The molecule has 0 aliphatic carbocycles. The van der Waals surface area contributed by atoms with Crippen molar-refractivity contribution in [3.05, 3.63) is 79.9 Å². The number of tetrazole rings is 1. The zero-order valence-electron chi connectivity index (χ0n) is 21.7. The van der Waals surface area contributed by atoms with Gasteiger partial charge < -0.3 is 14.6 Å². The lowest BCUT2D eigenvalue weighted by Crippen LogP contribution is -2.49. The molecule has 9 nitrogen and oxygen atoms in total. The number of benzene rings is 2. The molecule has 1 aliphatic rings. The van der Waals surface area contributed by atoms with Crippen LogP contribution in [0.1, 0.15) is 34.1 Å². The van der Waals surface area contributed by atoms with Crippen molar-refractivity contribution in [2.24, 2.45) is 0 Å². The molecule has 5 rings (SSSR count). The van der Waals surface area contributed by atoms with Gasteiger partial charge in [0.1, 0.15) is 6.04 Å². The van der Waals surface area contributed by atoms with E-state index in [1.165, 1.54) is 5.56 Å². The van der Waals surface area contributed by atoms with Crippen LogP contribution >= 0.6 is 11.6 Å². The fourth-order valence-electron chi connectivity index (χ4n) is 5.28. The number of pyridine rings is 1. The second-order valence-corrected chi connectivity index (χ2v) is 10.1. The zero-order valence-corrected chi connectivity index (χ0v) is 22.4. The Morgan fingerprint density at radius 1 is 1.05 bits per heavy atom. The maximum atomic E-state index is 13.5. The van der Waals surface area contributed by atoms with E-state index in [-0.39, 0.29) is 5.56 Å². The number of ether oxygens (including phenoxy) is 1. The Labute approximate surface area is 221 Å². The van der Waals surface area contributed by atoms with Gasteiger partial charge in [-0.3, -0.25) is 9.69 Å². The van der Waals surface area contributed by atoms with Crippen LogP contribution in [0.5, 0.6) is 0 Å². The maximum Gasteiger partial charge on any atom is 0.253 e. The molecule has 1 saturated heterocycles. The first kappa shape index (κ1) is 25.4. The standard InChI is InChI=1S/C27H32ClN7O2/c1-17-13-19(3)21-16-22(27(36)29-23(21)14-17)25(26-30-31-32-35(26)11-12-37-4)34-9-7-33(8-10-34)24-15-20(28)6-5-18(24)2/h5-6,13-16,25H,7-12H2,1-4H3,(H,29,36). The van der Waals surface area contributed by atoms with Gasteiger partial charge >= 0.3 is 0 Å². The average Bonchev–Trinajstić information content (AvgIpc) is 3.33. The Morgan fingerprint density at radius 2 is 1.84 bits per heavy atom. The van der Waals surface area contributed by atoms with Gasteiger partial charge in [-0.25, -0.2) is 4.68 Å². The monoisotopic (exact) mass is 521 g/mol. The minimum Gasteiger partial charge on any atom is -0.383 e. The average molecular weight is 522 g/mol. The van der Waals surface area contributed by atoms with E-state index < -0.39 is 6.04 Å². The van der Waals surface area contributed by atoms with Gasteiger partial charge in [-0.2, -0.15) is 0 Å². The van der Waals surface area contributed by atoms with Crippen LogP contribution in [0.2, 0.25) is 5.02 Å². The Balaban J connectivity index is 1.54. The van der Waals surface area contributed by atoms with E-state index in [0.29, 0.717) is 24.5 Å². The molecule has 0 radical (unpaired) electrons. The predicted molar refractivity (Wildman–Crippen MR) is 146 cm³/mol. The molecule has 1 unspecified atom stereocenters. The fraction of sp³-hybridized carbons (Fsp3) is 0.407. The predicted octanol–water partition coefficient (Wildman–Crippen LogP) is 3.65. The van der Waals surface area contributed by atoms with Gasteiger partial charge in [0.05, 0.1) is 13.2 Å². The van der Waals surface area contributed by atoms with Gasteiger partial charge in [0.2, 0.25) is 0 Å². The number of hydrogen-bond donors (Lipinski definition) is 1. The summed E-state index contributed by atoms with van der Waals surface area (Å²) in [5, 5.41) is 14.3. The van der Waals surface area contributed by atoms with Crippen molar-refractivity contribution in [1.29, 1.82) is 0 Å². The van der Waals surface area contributed by atoms with Gasteiger partial charge in [-0.05, 0) is 72.2 Å². The van der Waals surface area contributed by atoms with E-state index in [9.17, 15) is 4.79 Å². The molecule has 1 fully saturated rings. The summed E-state index contributed by atoms with van der Waals surface area (Å²) in [5.41, 5.74) is 5.91. The van der Waals surface area contributed by atoms with Gasteiger partial charge in [-0.1, -0.05) is 23.7 Å². The van der Waals surface area contributed by atoms with Crippen LogP contribution < -0.4 is 10.5 Å². The largest absolute Gasteiger partial charge is 0.383 e. The zero-order chi connectivity index (χ0) is 26.1. The van der Waals surface area contributed by atoms with E-state index in [4.69, 9.17) is 16.3 Å². The lowest BCUT2D eigenvalue weighted by atomic mass is 9.99. The number of halogens is 1. The number of rotatable bonds is 7. The van der Waals surface area contributed by atoms with Crippen LogP contribution in [-0.4, -0.2) is 70.0 Å². The molecule has 0 saturated carbocycles. The summed E-state index contributed by atoms with van der Waals surface area (Å²) >= 11 is 6.30. The Hall–Kier alpha value is -3.27. The SMILES string of the molecule is COCCn1nnnc1C(c1cc2c(C)cc(C)cc2[nH]c1=O)N1CCN(c2cc(Cl)ccc2C)CC1. The smallest absolute Gasteiger partial charge is 0.253 e. The summed E-state index contributed by atoms with van der Waals surface area (Å²) in [5.74, 6) is 0.638. The third-order valence-corrected chi connectivity index (χ3v) is 7.37. The number of aromatic nitrogens is 5. The summed E-state index contributed by atoms with van der Waals surface area (Å²) in [6.07, 6.45) is 0. The van der Waals surface area contributed by atoms with Crippen LogP contribution in [0.25, 0.3) is 10.9 Å². The summed E-state index contributed by atoms with van der Waals surface area (Å²) in [6, 6.07) is 11.7. The normalized spacial score (nSPS) is 15.4. The first-order valence-electron chi connectivity index (χ1n) is 12.5. The fourth-order valence-corrected chi connectivity index (χ4v) is 5.45. The van der Waals surface area contributed by atoms with Gasteiger partial charge in [0.25, 0.3) is 5.56 Å². The maximum absolute atomic E-state index is 13.5. The summed E-state index contributed by atoms with van der Waals surface area (Å²) in [7, 11) is 1.65. The van der Waals surface area contributed by atoms with Gasteiger partial charge in [-0.15, -0.1) is 5.10 Å². The highest BCUT2D eigenvalue weighted by Gasteiger charge is 2.33. The third-order valence-electron chi connectivity index (χ3n) is 7.14. The van der Waals surface area contributed by atoms with E-state index in [1.807, 2.05) is 31.2 Å². The molecule has 1 N–H and O–H groups in total. The molecule has 10 heteroatoms. The minimum absolute atomic E-state index is 0.128. The quantitative estimate of drug-likeness (QED) is 0.397. The van der Waals surface area contributed by atoms with Crippen molar-refractivity contribution in [3.63, 3.8) is 0 Å². The number of nitrogens with zero attached hydrogens (tertiary/aromatic N) is 6. The molecule has 194 valence electrons. The Kier molecular flexibility index (Phi) is 7.28. The van der Waals surface area contributed by atoms with E-state index in [2.05, 4.69) is 56.3 Å². The number of nitrogens with one attached hydrogen (secondary N) is 1. The number of methoxy groups -OCH3 is 1. The Bertz CT molecular complexity index is 1470. The van der Waals surface area contributed by atoms with Crippen LogP contribution in [0.15, 0.2) is 41.2 Å². The molecule has 2 aromatic carbocycles. The highest BCUT2D eigenvalue weighted by molar-refractivity contribution is 6.30. The van der Waals surface area contributed by atoms with Crippen molar-refractivity contribution in [1.82, 2.24) is 30.1 Å². The molecule has 37 heavy (non-hydrogen) atoms. The number of anilines is 1. The molecular formula is C27H32ClN7O2. The topological polar surface area (TPSA) is 92.2 Å². The molecule has 0 spiro atoms. The number of aromatic amines is 1. The number of hydrogen-bond acceptors (Lipinski definition) is 7. The highest BCUT2D eigenvalue weighted by Crippen LogP contribution is 2.31. The van der Waals surface area contributed by atoms with Crippen molar-refractivity contribution in [2.45, 2.75) is 33.4 Å². The van der Waals surface area contributed by atoms with Crippen LogP contribution in [0, 0.1) is 20.8 Å². The summed E-state index contributed by atoms with van der Waals surface area (Å²) in [4.78, 5) is 21.3. The van der Waals surface area contributed by atoms with E-state index in [0.717, 1.165) is 58.9 Å². The summed E-state index contributed by atoms with van der Waals surface area (Å²) < 4.78 is 7.02. The molecular weight excluding hydrogens is 490 g/mol. The number of H-pyrrole nitrogens is 1. The van der Waals surface area contributed by atoms with Crippen LogP contribution in [0.3, 0.4) is 0 Å². The lowest BCUT2D eigenvalue weighted by molar-refractivity contribution is 0.171. The second-order valence-electron chi connectivity index (χ2n) is 9.71. The second kappa shape index (κ2) is 10.6. The first-order chi connectivity index (χ1) is 17.9. The van der Waals surface area contributed by atoms with Crippen molar-refractivity contribution in [2.75, 3.05) is 44.8 Å². The minimum atomic E-state index is -0.400. The molecule has 0 amide bonds. The highest BCUT2D eigenvalue weighted by atomic mass is 35.5. The van der Waals surface area contributed by atoms with Crippen molar-refractivity contribution < 1.29 is 4.74 Å². The van der Waals surface area contributed by atoms with Crippen LogP contribution in [0.4, 0.5) is 5.69 Å².